The molecule has 3 rings (SSSR count). The maximum Gasteiger partial charge on any atom is 0.266 e. The Balaban J connectivity index is 1.37. The first-order valence-corrected chi connectivity index (χ1v) is 9.86. The van der Waals surface area contributed by atoms with Gasteiger partial charge in [-0.2, -0.15) is 8.78 Å². The molecule has 2 nitrogen and oxygen atoms in total. The van der Waals surface area contributed by atoms with Crippen LogP contribution in [0.2, 0.25) is 0 Å². The van der Waals surface area contributed by atoms with Crippen molar-refractivity contribution < 1.29 is 18.3 Å². The standard InChI is InChI=1S/C20H32F2O2/c1-14-23-12-19(13-24-14)18-9-7-17(8-10-18)16-5-2-15(3-6-16)4-11-20(21)22/h11,14-19H,2-10,12-13H2,1H3. The van der Waals surface area contributed by atoms with Gasteiger partial charge in [-0.25, -0.2) is 0 Å². The lowest BCUT2D eigenvalue weighted by atomic mass is 9.67. The Kier molecular flexibility index (Phi) is 6.68. The monoisotopic (exact) mass is 342 g/mol. The molecule has 0 bridgehead atoms. The second-order valence-corrected chi connectivity index (χ2v) is 8.18. The number of halogens is 2. The van der Waals surface area contributed by atoms with Crippen molar-refractivity contribution in [3.05, 3.63) is 12.2 Å². The first kappa shape index (κ1) is 18.3. The maximum atomic E-state index is 12.2. The highest BCUT2D eigenvalue weighted by molar-refractivity contribution is 4.88. The Morgan fingerprint density at radius 2 is 1.25 bits per heavy atom. The van der Waals surface area contributed by atoms with Gasteiger partial charge >= 0.3 is 0 Å². The van der Waals surface area contributed by atoms with Gasteiger partial charge in [0.1, 0.15) is 0 Å². The average molecular weight is 342 g/mol. The molecular formula is C20H32F2O2. The van der Waals surface area contributed by atoms with Crippen molar-refractivity contribution in [2.24, 2.45) is 29.6 Å². The van der Waals surface area contributed by atoms with Crippen LogP contribution in [0.3, 0.4) is 0 Å². The van der Waals surface area contributed by atoms with E-state index in [0.717, 1.165) is 49.9 Å². The SMILES string of the molecule is CC1OCC(C2CCC(C3CCC(CC=C(F)F)CC3)CC2)CO1. The van der Waals surface area contributed by atoms with Gasteiger partial charge < -0.3 is 9.47 Å². The van der Waals surface area contributed by atoms with Crippen LogP contribution in [0.1, 0.15) is 64.7 Å². The van der Waals surface area contributed by atoms with Gasteiger partial charge in [-0.1, -0.05) is 0 Å². The van der Waals surface area contributed by atoms with E-state index in [1.807, 2.05) is 6.92 Å². The van der Waals surface area contributed by atoms with Crippen molar-refractivity contribution in [1.29, 1.82) is 0 Å². The lowest BCUT2D eigenvalue weighted by molar-refractivity contribution is -0.200. The molecule has 0 aromatic rings. The van der Waals surface area contributed by atoms with Gasteiger partial charge in [0, 0.05) is 5.92 Å². The van der Waals surface area contributed by atoms with Crippen molar-refractivity contribution in [2.45, 2.75) is 71.0 Å². The summed E-state index contributed by atoms with van der Waals surface area (Å²) in [5.41, 5.74) is 0. The normalized spacial score (nSPS) is 41.0. The maximum absolute atomic E-state index is 12.2. The summed E-state index contributed by atoms with van der Waals surface area (Å²) in [5.74, 6) is 3.53. The predicted octanol–water partition coefficient (Wildman–Crippen LogP) is 5.78. The topological polar surface area (TPSA) is 18.5 Å². The highest BCUT2D eigenvalue weighted by Crippen LogP contribution is 2.44. The second kappa shape index (κ2) is 8.75. The van der Waals surface area contributed by atoms with Gasteiger partial charge in [0.15, 0.2) is 6.29 Å². The van der Waals surface area contributed by atoms with Gasteiger partial charge in [-0.05, 0) is 94.5 Å². The molecule has 0 radical (unpaired) electrons. The van der Waals surface area contributed by atoms with E-state index in [9.17, 15) is 8.78 Å². The fourth-order valence-electron chi connectivity index (χ4n) is 5.13. The number of allylic oxidation sites excluding steroid dienone is 1. The summed E-state index contributed by atoms with van der Waals surface area (Å²) in [7, 11) is 0. The minimum absolute atomic E-state index is 0.0338. The van der Waals surface area contributed by atoms with Gasteiger partial charge in [0.2, 0.25) is 0 Å². The van der Waals surface area contributed by atoms with E-state index in [2.05, 4.69) is 0 Å². The van der Waals surface area contributed by atoms with E-state index >= 15 is 0 Å². The molecule has 3 fully saturated rings. The molecular weight excluding hydrogens is 310 g/mol. The third-order valence-electron chi connectivity index (χ3n) is 6.74. The Morgan fingerprint density at radius 1 is 0.792 bits per heavy atom. The van der Waals surface area contributed by atoms with Gasteiger partial charge in [0.25, 0.3) is 6.08 Å². The van der Waals surface area contributed by atoms with Crippen LogP contribution in [0, 0.1) is 29.6 Å². The van der Waals surface area contributed by atoms with Gasteiger partial charge in [-0.15, -0.1) is 0 Å². The van der Waals surface area contributed by atoms with E-state index in [1.54, 1.807) is 0 Å². The molecule has 0 unspecified atom stereocenters. The van der Waals surface area contributed by atoms with Crippen LogP contribution in [0.5, 0.6) is 0 Å². The molecule has 0 spiro atoms. The quantitative estimate of drug-likeness (QED) is 0.645. The number of ether oxygens (including phenoxy) is 2. The van der Waals surface area contributed by atoms with Crippen molar-refractivity contribution in [3.8, 4) is 0 Å². The lowest BCUT2D eigenvalue weighted by Crippen LogP contribution is -2.37. The Hall–Kier alpha value is -0.480. The van der Waals surface area contributed by atoms with Crippen molar-refractivity contribution in [1.82, 2.24) is 0 Å². The molecule has 0 amide bonds. The van der Waals surface area contributed by atoms with E-state index in [0.29, 0.717) is 18.3 Å². The molecule has 0 aromatic heterocycles. The van der Waals surface area contributed by atoms with E-state index in [4.69, 9.17) is 9.47 Å². The second-order valence-electron chi connectivity index (χ2n) is 8.18. The third-order valence-corrected chi connectivity index (χ3v) is 6.74. The van der Waals surface area contributed by atoms with E-state index in [1.165, 1.54) is 38.5 Å². The van der Waals surface area contributed by atoms with Crippen LogP contribution >= 0.6 is 0 Å². The molecule has 0 atom stereocenters. The molecule has 1 aliphatic heterocycles. The van der Waals surface area contributed by atoms with Crippen molar-refractivity contribution in [2.75, 3.05) is 13.2 Å². The molecule has 2 saturated carbocycles. The van der Waals surface area contributed by atoms with E-state index < -0.39 is 6.08 Å². The summed E-state index contributed by atoms with van der Waals surface area (Å²) >= 11 is 0. The largest absolute Gasteiger partial charge is 0.353 e. The fraction of sp³-hybridized carbons (Fsp3) is 0.900. The minimum atomic E-state index is -1.51. The molecule has 0 aromatic carbocycles. The number of hydrogen-bond donors (Lipinski definition) is 0. The van der Waals surface area contributed by atoms with Gasteiger partial charge in [-0.3, -0.25) is 0 Å². The number of rotatable bonds is 4. The van der Waals surface area contributed by atoms with Crippen molar-refractivity contribution in [3.63, 3.8) is 0 Å². The highest BCUT2D eigenvalue weighted by Gasteiger charge is 2.34. The summed E-state index contributed by atoms with van der Waals surface area (Å²) in [6.07, 6.45) is 10.2. The number of hydrogen-bond acceptors (Lipinski definition) is 2. The third kappa shape index (κ3) is 5.01. The first-order chi connectivity index (χ1) is 11.6. The fourth-order valence-corrected chi connectivity index (χ4v) is 5.13. The lowest BCUT2D eigenvalue weighted by Gasteiger charge is -2.41. The van der Waals surface area contributed by atoms with Crippen LogP contribution in [0.15, 0.2) is 12.2 Å². The smallest absolute Gasteiger partial charge is 0.266 e. The predicted molar refractivity (Wildman–Crippen MR) is 90.7 cm³/mol. The van der Waals surface area contributed by atoms with Crippen LogP contribution in [-0.2, 0) is 9.47 Å². The van der Waals surface area contributed by atoms with Crippen LogP contribution in [0.25, 0.3) is 0 Å². The summed E-state index contributed by atoms with van der Waals surface area (Å²) in [6.45, 7) is 3.70. The molecule has 138 valence electrons. The molecule has 1 heterocycles. The molecule has 3 aliphatic rings. The molecule has 24 heavy (non-hydrogen) atoms. The molecule has 4 heteroatoms. The van der Waals surface area contributed by atoms with E-state index in [-0.39, 0.29) is 6.29 Å². The Bertz CT molecular complexity index is 398. The Morgan fingerprint density at radius 3 is 1.75 bits per heavy atom. The van der Waals surface area contributed by atoms with Gasteiger partial charge in [0.05, 0.1) is 13.2 Å². The zero-order chi connectivity index (χ0) is 16.9. The zero-order valence-electron chi connectivity index (χ0n) is 14.9. The van der Waals surface area contributed by atoms with Crippen LogP contribution in [0.4, 0.5) is 8.78 Å². The summed E-state index contributed by atoms with van der Waals surface area (Å²) < 4.78 is 35.7. The first-order valence-electron chi connectivity index (χ1n) is 9.86. The van der Waals surface area contributed by atoms with Crippen LogP contribution in [-0.4, -0.2) is 19.5 Å². The molecule has 0 N–H and O–H groups in total. The summed E-state index contributed by atoms with van der Waals surface area (Å²) in [4.78, 5) is 0. The minimum Gasteiger partial charge on any atom is -0.353 e. The molecule has 1 saturated heterocycles. The zero-order valence-corrected chi connectivity index (χ0v) is 14.9. The van der Waals surface area contributed by atoms with Crippen LogP contribution < -0.4 is 0 Å². The summed E-state index contributed by atoms with van der Waals surface area (Å²) in [6, 6.07) is 0. The van der Waals surface area contributed by atoms with Crippen molar-refractivity contribution >= 4 is 0 Å². The summed E-state index contributed by atoms with van der Waals surface area (Å²) in [5, 5.41) is 0. The highest BCUT2D eigenvalue weighted by atomic mass is 19.3. The average Bonchev–Trinajstić information content (AvgIpc) is 2.61. The molecule has 2 aliphatic carbocycles. The Labute approximate surface area is 145 Å².